The Morgan fingerprint density at radius 2 is 2.07 bits per heavy atom. The third-order valence-electron chi connectivity index (χ3n) is 2.71. The summed E-state index contributed by atoms with van der Waals surface area (Å²) in [4.78, 5) is 0. The van der Waals surface area contributed by atoms with Crippen LogP contribution in [0.3, 0.4) is 0 Å². The fraction of sp³-hybridized carbons (Fsp3) is 0.667. The molecule has 0 atom stereocenters. The molecule has 1 aliphatic rings. The minimum atomic E-state index is 0.284. The zero-order valence-electron chi connectivity index (χ0n) is 8.75. The molecule has 0 spiro atoms. The maximum absolute atomic E-state index is 9.22. The number of rotatable bonds is 3. The van der Waals surface area contributed by atoms with Crippen molar-refractivity contribution in [1.29, 1.82) is 0 Å². The van der Waals surface area contributed by atoms with Gasteiger partial charge < -0.3 is 9.84 Å². The quantitative estimate of drug-likeness (QED) is 0.553. The van der Waals surface area contributed by atoms with Crippen LogP contribution < -0.4 is 0 Å². The molecule has 0 radical (unpaired) electrons. The summed E-state index contributed by atoms with van der Waals surface area (Å²) in [5.74, 6) is 6.31. The van der Waals surface area contributed by atoms with Crippen molar-refractivity contribution in [2.45, 2.75) is 38.7 Å². The van der Waals surface area contributed by atoms with Crippen molar-refractivity contribution in [3.8, 4) is 11.8 Å². The lowest BCUT2D eigenvalue weighted by Crippen LogP contribution is -2.22. The van der Waals surface area contributed by atoms with Gasteiger partial charge in [0.05, 0.1) is 11.9 Å². The van der Waals surface area contributed by atoms with Crippen LogP contribution >= 0.6 is 0 Å². The van der Waals surface area contributed by atoms with Crippen LogP contribution in [0.5, 0.6) is 0 Å². The molecule has 0 amide bonds. The molecule has 2 nitrogen and oxygen atoms in total. The van der Waals surface area contributed by atoms with Gasteiger partial charge in [-0.2, -0.15) is 0 Å². The number of hydrogen-bond donors (Lipinski definition) is 1. The van der Waals surface area contributed by atoms with Crippen LogP contribution in [0, 0.1) is 17.8 Å². The molecule has 0 aromatic carbocycles. The van der Waals surface area contributed by atoms with Gasteiger partial charge in [-0.3, -0.25) is 0 Å². The number of ether oxygens (including phenoxy) is 1. The SMILES string of the molecule is C=C(O)C1CCC(OCC#CC)CC1. The van der Waals surface area contributed by atoms with Crippen LogP contribution in [0.25, 0.3) is 0 Å². The standard InChI is InChI=1S/C12H18O2/c1-3-4-9-14-12-7-5-11(6-8-12)10(2)13/h11-13H,2,5-9H2,1H3. The van der Waals surface area contributed by atoms with Crippen molar-refractivity contribution in [3.05, 3.63) is 12.3 Å². The van der Waals surface area contributed by atoms with E-state index < -0.39 is 0 Å². The molecule has 0 aliphatic heterocycles. The Bertz CT molecular complexity index is 239. The van der Waals surface area contributed by atoms with Crippen molar-refractivity contribution >= 4 is 0 Å². The Morgan fingerprint density at radius 3 is 2.57 bits per heavy atom. The van der Waals surface area contributed by atoms with Gasteiger partial charge in [-0.25, -0.2) is 0 Å². The van der Waals surface area contributed by atoms with Crippen LogP contribution in [-0.2, 0) is 4.74 Å². The van der Waals surface area contributed by atoms with Gasteiger partial charge in [0.1, 0.15) is 6.61 Å². The molecule has 2 heteroatoms. The number of aliphatic hydroxyl groups excluding tert-OH is 1. The zero-order chi connectivity index (χ0) is 10.4. The Morgan fingerprint density at radius 1 is 1.43 bits per heavy atom. The molecule has 1 fully saturated rings. The third kappa shape index (κ3) is 3.43. The molecular weight excluding hydrogens is 176 g/mol. The summed E-state index contributed by atoms with van der Waals surface area (Å²) >= 11 is 0. The Hall–Kier alpha value is -0.940. The van der Waals surface area contributed by atoms with Crippen molar-refractivity contribution in [3.63, 3.8) is 0 Å². The third-order valence-corrected chi connectivity index (χ3v) is 2.71. The molecule has 1 aliphatic carbocycles. The van der Waals surface area contributed by atoms with Gasteiger partial charge >= 0.3 is 0 Å². The first kappa shape index (κ1) is 11.1. The molecule has 1 rings (SSSR count). The molecule has 1 saturated carbocycles. The molecule has 0 bridgehead atoms. The van der Waals surface area contributed by atoms with E-state index in [0.717, 1.165) is 25.7 Å². The van der Waals surface area contributed by atoms with Crippen LogP contribution in [0.15, 0.2) is 12.3 Å². The lowest BCUT2D eigenvalue weighted by molar-refractivity contribution is 0.0371. The normalized spacial score (nSPS) is 26.4. The summed E-state index contributed by atoms with van der Waals surface area (Å²) in [6, 6.07) is 0. The summed E-state index contributed by atoms with van der Waals surface area (Å²) in [5, 5.41) is 9.22. The van der Waals surface area contributed by atoms with Crippen molar-refractivity contribution in [2.24, 2.45) is 5.92 Å². The smallest absolute Gasteiger partial charge is 0.108 e. The van der Waals surface area contributed by atoms with E-state index >= 15 is 0 Å². The van der Waals surface area contributed by atoms with Crippen molar-refractivity contribution in [2.75, 3.05) is 6.61 Å². The number of aliphatic hydroxyl groups is 1. The first-order valence-electron chi connectivity index (χ1n) is 5.13. The van der Waals surface area contributed by atoms with E-state index in [2.05, 4.69) is 18.4 Å². The highest BCUT2D eigenvalue weighted by Gasteiger charge is 2.22. The second kappa shape index (κ2) is 5.72. The lowest BCUT2D eigenvalue weighted by Gasteiger charge is -2.27. The van der Waals surface area contributed by atoms with Gasteiger partial charge in [-0.1, -0.05) is 12.5 Å². The highest BCUT2D eigenvalue weighted by Crippen LogP contribution is 2.29. The molecule has 0 heterocycles. The van der Waals surface area contributed by atoms with E-state index in [4.69, 9.17) is 4.74 Å². The average Bonchev–Trinajstić information content (AvgIpc) is 2.19. The molecule has 1 N–H and O–H groups in total. The van der Waals surface area contributed by atoms with E-state index in [1.807, 2.05) is 6.92 Å². The number of allylic oxidation sites excluding steroid dienone is 1. The van der Waals surface area contributed by atoms with Crippen LogP contribution in [-0.4, -0.2) is 17.8 Å². The molecule has 0 aromatic heterocycles. The van der Waals surface area contributed by atoms with Gasteiger partial charge in [0.2, 0.25) is 0 Å². The van der Waals surface area contributed by atoms with Gasteiger partial charge in [0.25, 0.3) is 0 Å². The number of hydrogen-bond acceptors (Lipinski definition) is 2. The van der Waals surface area contributed by atoms with Gasteiger partial charge in [0.15, 0.2) is 0 Å². The van der Waals surface area contributed by atoms with Crippen LogP contribution in [0.2, 0.25) is 0 Å². The largest absolute Gasteiger partial charge is 0.513 e. The van der Waals surface area contributed by atoms with E-state index in [1.54, 1.807) is 0 Å². The van der Waals surface area contributed by atoms with E-state index in [9.17, 15) is 5.11 Å². The summed E-state index contributed by atoms with van der Waals surface area (Å²) in [7, 11) is 0. The fourth-order valence-electron chi connectivity index (χ4n) is 1.79. The maximum Gasteiger partial charge on any atom is 0.108 e. The van der Waals surface area contributed by atoms with Crippen LogP contribution in [0.1, 0.15) is 32.6 Å². The molecule has 0 saturated heterocycles. The monoisotopic (exact) mass is 194 g/mol. The first-order chi connectivity index (χ1) is 6.74. The maximum atomic E-state index is 9.22. The highest BCUT2D eigenvalue weighted by atomic mass is 16.5. The topological polar surface area (TPSA) is 29.5 Å². The fourth-order valence-corrected chi connectivity index (χ4v) is 1.79. The first-order valence-corrected chi connectivity index (χ1v) is 5.13. The Balaban J connectivity index is 2.21. The molecule has 78 valence electrons. The Kier molecular flexibility index (Phi) is 4.55. The second-order valence-corrected chi connectivity index (χ2v) is 3.70. The molecular formula is C12H18O2. The lowest BCUT2D eigenvalue weighted by atomic mass is 9.86. The van der Waals surface area contributed by atoms with E-state index in [0.29, 0.717) is 18.5 Å². The highest BCUT2D eigenvalue weighted by molar-refractivity contribution is 4.96. The van der Waals surface area contributed by atoms with Crippen molar-refractivity contribution in [1.82, 2.24) is 0 Å². The Labute approximate surface area is 86.0 Å². The van der Waals surface area contributed by atoms with Gasteiger partial charge in [-0.15, -0.1) is 5.92 Å². The molecule has 0 aromatic rings. The van der Waals surface area contributed by atoms with E-state index in [-0.39, 0.29) is 5.92 Å². The molecule has 0 unspecified atom stereocenters. The van der Waals surface area contributed by atoms with E-state index in [1.165, 1.54) is 0 Å². The summed E-state index contributed by atoms with van der Waals surface area (Å²) < 4.78 is 5.57. The predicted octanol–water partition coefficient (Wildman–Crippen LogP) is 2.66. The zero-order valence-corrected chi connectivity index (χ0v) is 8.75. The van der Waals surface area contributed by atoms with Gasteiger partial charge in [-0.05, 0) is 32.6 Å². The van der Waals surface area contributed by atoms with Crippen molar-refractivity contribution < 1.29 is 9.84 Å². The predicted molar refractivity (Wildman–Crippen MR) is 56.9 cm³/mol. The minimum Gasteiger partial charge on any atom is -0.513 e. The van der Waals surface area contributed by atoms with Crippen LogP contribution in [0.4, 0.5) is 0 Å². The average molecular weight is 194 g/mol. The summed E-state index contributed by atoms with van der Waals surface area (Å²) in [6.07, 6.45) is 4.32. The molecule has 14 heavy (non-hydrogen) atoms. The minimum absolute atomic E-state index is 0.284. The summed E-state index contributed by atoms with van der Waals surface area (Å²) in [5.41, 5.74) is 0. The second-order valence-electron chi connectivity index (χ2n) is 3.70. The van der Waals surface area contributed by atoms with Gasteiger partial charge in [0, 0.05) is 5.92 Å². The summed E-state index contributed by atoms with van der Waals surface area (Å²) in [6.45, 7) is 5.92.